The van der Waals surface area contributed by atoms with E-state index in [1.54, 1.807) is 4.90 Å². The molecule has 1 fully saturated rings. The third-order valence-corrected chi connectivity index (χ3v) is 6.42. The number of sulfonamides is 1. The number of nitrogens with one attached hydrogen (secondary N) is 1. The third-order valence-electron chi connectivity index (χ3n) is 4.60. The number of ether oxygens (including phenoxy) is 1. The number of carbonyl (C=O) groups is 3. The average molecular weight is 426 g/mol. The van der Waals surface area contributed by atoms with Crippen molar-refractivity contribution in [2.45, 2.75) is 31.6 Å². The van der Waals surface area contributed by atoms with Crippen molar-refractivity contribution >= 4 is 33.5 Å². The molecule has 2 rings (SSSR count). The quantitative estimate of drug-likeness (QED) is 0.654. The summed E-state index contributed by atoms with van der Waals surface area (Å²) < 4.78 is 31.0. The summed E-state index contributed by atoms with van der Waals surface area (Å²) in [5.74, 6) is -0.931. The van der Waals surface area contributed by atoms with E-state index in [2.05, 4.69) is 12.2 Å². The largest absolute Gasteiger partial charge is 0.455 e. The maximum atomic E-state index is 12.6. The Hall–Kier alpha value is -2.46. The number of esters is 1. The minimum Gasteiger partial charge on any atom is -0.455 e. The van der Waals surface area contributed by atoms with Gasteiger partial charge in [0.05, 0.1) is 4.90 Å². The van der Waals surface area contributed by atoms with E-state index >= 15 is 0 Å². The lowest BCUT2D eigenvalue weighted by atomic mass is 10.0. The molecule has 1 atom stereocenters. The van der Waals surface area contributed by atoms with E-state index in [0.29, 0.717) is 24.7 Å². The Balaban J connectivity index is 1.88. The fourth-order valence-electron chi connectivity index (χ4n) is 3.06. The van der Waals surface area contributed by atoms with Crippen molar-refractivity contribution in [2.24, 2.45) is 5.92 Å². The lowest BCUT2D eigenvalue weighted by Gasteiger charge is -2.30. The predicted octanol–water partition coefficient (Wildman–Crippen LogP) is 1.07. The molecule has 1 saturated heterocycles. The highest BCUT2D eigenvalue weighted by atomic mass is 32.2. The van der Waals surface area contributed by atoms with Gasteiger partial charge >= 0.3 is 5.97 Å². The molecular weight excluding hydrogens is 398 g/mol. The van der Waals surface area contributed by atoms with Gasteiger partial charge in [0.25, 0.3) is 5.91 Å². The summed E-state index contributed by atoms with van der Waals surface area (Å²) in [6.07, 6.45) is 1.99. The Labute approximate surface area is 171 Å². The van der Waals surface area contributed by atoms with Crippen molar-refractivity contribution < 1.29 is 27.5 Å². The van der Waals surface area contributed by atoms with Crippen molar-refractivity contribution in [2.75, 3.05) is 38.6 Å². The van der Waals surface area contributed by atoms with Crippen molar-refractivity contribution in [3.8, 4) is 0 Å². The maximum absolute atomic E-state index is 12.6. The van der Waals surface area contributed by atoms with Crippen LogP contribution in [-0.4, -0.2) is 68.7 Å². The standard InChI is InChI=1S/C19H27N3O6S/c1-14-5-4-10-22(11-14)18(24)13-28-19(25)12-21(3)29(26,27)17-8-6-16(7-9-17)20-15(2)23/h6-9,14H,4-5,10-13H2,1-3H3,(H,20,23)/t14-/m1/s1. The molecule has 0 unspecified atom stereocenters. The number of piperidine rings is 1. The number of nitrogens with zero attached hydrogens (tertiary/aromatic N) is 2. The second kappa shape index (κ2) is 9.84. The van der Waals surface area contributed by atoms with Crippen molar-refractivity contribution in [3.63, 3.8) is 0 Å². The first-order chi connectivity index (χ1) is 13.6. The Morgan fingerprint density at radius 2 is 1.90 bits per heavy atom. The molecule has 160 valence electrons. The van der Waals surface area contributed by atoms with Gasteiger partial charge in [0.2, 0.25) is 15.9 Å². The van der Waals surface area contributed by atoms with E-state index in [1.165, 1.54) is 38.2 Å². The minimum atomic E-state index is -3.92. The molecule has 0 bridgehead atoms. The number of anilines is 1. The minimum absolute atomic E-state index is 0.0275. The molecule has 0 saturated carbocycles. The fraction of sp³-hybridized carbons (Fsp3) is 0.526. The van der Waals surface area contributed by atoms with Crippen LogP contribution in [0.1, 0.15) is 26.7 Å². The summed E-state index contributed by atoms with van der Waals surface area (Å²) in [7, 11) is -2.66. The van der Waals surface area contributed by atoms with Crippen LogP contribution >= 0.6 is 0 Å². The number of carbonyl (C=O) groups excluding carboxylic acids is 3. The Morgan fingerprint density at radius 3 is 2.48 bits per heavy atom. The zero-order valence-electron chi connectivity index (χ0n) is 16.9. The Morgan fingerprint density at radius 1 is 1.24 bits per heavy atom. The van der Waals surface area contributed by atoms with Gasteiger partial charge in [-0.15, -0.1) is 0 Å². The SMILES string of the molecule is CC(=O)Nc1ccc(S(=O)(=O)N(C)CC(=O)OCC(=O)N2CCC[C@@H](C)C2)cc1. The summed E-state index contributed by atoms with van der Waals surface area (Å²) in [5, 5.41) is 2.54. The molecule has 1 aliphatic heterocycles. The van der Waals surface area contributed by atoms with Gasteiger partial charge in [0.15, 0.2) is 6.61 Å². The average Bonchev–Trinajstić information content (AvgIpc) is 2.66. The smallest absolute Gasteiger partial charge is 0.321 e. The van der Waals surface area contributed by atoms with Crippen LogP contribution in [-0.2, 0) is 29.1 Å². The van der Waals surface area contributed by atoms with Crippen LogP contribution in [0.3, 0.4) is 0 Å². The Kier molecular flexibility index (Phi) is 7.74. The first kappa shape index (κ1) is 22.8. The van der Waals surface area contributed by atoms with E-state index in [0.717, 1.165) is 17.1 Å². The van der Waals surface area contributed by atoms with Gasteiger partial charge in [-0.3, -0.25) is 14.4 Å². The molecule has 0 aromatic heterocycles. The molecule has 2 amide bonds. The van der Waals surface area contributed by atoms with Gasteiger partial charge in [-0.05, 0) is 43.0 Å². The maximum Gasteiger partial charge on any atom is 0.321 e. The van der Waals surface area contributed by atoms with Crippen LogP contribution in [0.15, 0.2) is 29.2 Å². The van der Waals surface area contributed by atoms with Crippen LogP contribution in [0.5, 0.6) is 0 Å². The molecule has 10 heteroatoms. The highest BCUT2D eigenvalue weighted by molar-refractivity contribution is 7.89. The van der Waals surface area contributed by atoms with E-state index < -0.39 is 29.1 Å². The van der Waals surface area contributed by atoms with Crippen molar-refractivity contribution in [3.05, 3.63) is 24.3 Å². The lowest BCUT2D eigenvalue weighted by Crippen LogP contribution is -2.42. The van der Waals surface area contributed by atoms with E-state index in [1.807, 2.05) is 0 Å². The van der Waals surface area contributed by atoms with Crippen LogP contribution in [0, 0.1) is 5.92 Å². The second-order valence-electron chi connectivity index (χ2n) is 7.21. The second-order valence-corrected chi connectivity index (χ2v) is 9.26. The number of benzene rings is 1. The third kappa shape index (κ3) is 6.53. The van der Waals surface area contributed by atoms with Gasteiger partial charge in [0.1, 0.15) is 6.54 Å². The molecule has 1 N–H and O–H groups in total. The molecule has 9 nitrogen and oxygen atoms in total. The van der Waals surface area contributed by atoms with Crippen LogP contribution in [0.2, 0.25) is 0 Å². The molecule has 0 radical (unpaired) electrons. The first-order valence-corrected chi connectivity index (χ1v) is 10.8. The van der Waals surface area contributed by atoms with Gasteiger partial charge in [-0.25, -0.2) is 8.42 Å². The fourth-order valence-corrected chi connectivity index (χ4v) is 4.17. The Bertz CT molecular complexity index is 853. The normalized spacial score (nSPS) is 17.1. The molecule has 1 aromatic carbocycles. The van der Waals surface area contributed by atoms with Gasteiger partial charge in [-0.2, -0.15) is 4.31 Å². The molecule has 29 heavy (non-hydrogen) atoms. The number of hydrogen-bond donors (Lipinski definition) is 1. The topological polar surface area (TPSA) is 113 Å². The molecule has 1 heterocycles. The highest BCUT2D eigenvalue weighted by Crippen LogP contribution is 2.18. The number of hydrogen-bond acceptors (Lipinski definition) is 6. The molecule has 1 aliphatic rings. The van der Waals surface area contributed by atoms with Crippen molar-refractivity contribution in [1.82, 2.24) is 9.21 Å². The monoisotopic (exact) mass is 425 g/mol. The van der Waals surface area contributed by atoms with Crippen LogP contribution in [0.4, 0.5) is 5.69 Å². The molecule has 0 aliphatic carbocycles. The summed E-state index contributed by atoms with van der Waals surface area (Å²) in [6.45, 7) is 3.78. The summed E-state index contributed by atoms with van der Waals surface area (Å²) in [4.78, 5) is 36.8. The van der Waals surface area contributed by atoms with E-state index in [-0.39, 0.29) is 16.7 Å². The van der Waals surface area contributed by atoms with Gasteiger partial charge in [-0.1, -0.05) is 6.92 Å². The molecule has 1 aromatic rings. The van der Waals surface area contributed by atoms with E-state index in [4.69, 9.17) is 4.74 Å². The summed E-state index contributed by atoms with van der Waals surface area (Å²) in [5.41, 5.74) is 0.462. The number of amides is 2. The molecule has 0 spiro atoms. The molecular formula is C19H27N3O6S. The zero-order valence-corrected chi connectivity index (χ0v) is 17.7. The van der Waals surface area contributed by atoms with Gasteiger partial charge < -0.3 is 15.0 Å². The number of likely N-dealkylation sites (tertiary alicyclic amines) is 1. The zero-order chi connectivity index (χ0) is 21.6. The van der Waals surface area contributed by atoms with Crippen LogP contribution in [0.25, 0.3) is 0 Å². The predicted molar refractivity (Wildman–Crippen MR) is 106 cm³/mol. The van der Waals surface area contributed by atoms with Crippen molar-refractivity contribution in [1.29, 1.82) is 0 Å². The summed E-state index contributed by atoms with van der Waals surface area (Å²) >= 11 is 0. The van der Waals surface area contributed by atoms with E-state index in [9.17, 15) is 22.8 Å². The first-order valence-electron chi connectivity index (χ1n) is 9.37. The lowest BCUT2D eigenvalue weighted by molar-refractivity contribution is -0.152. The summed E-state index contributed by atoms with van der Waals surface area (Å²) in [6, 6.07) is 5.59. The van der Waals surface area contributed by atoms with Crippen LogP contribution < -0.4 is 5.32 Å². The number of rotatable bonds is 7. The highest BCUT2D eigenvalue weighted by Gasteiger charge is 2.25. The number of likely N-dealkylation sites (N-methyl/N-ethyl adjacent to an activating group) is 1. The van der Waals surface area contributed by atoms with Gasteiger partial charge in [0, 0.05) is 32.7 Å².